The van der Waals surface area contributed by atoms with Crippen molar-refractivity contribution < 1.29 is 0 Å². The number of nitrogens with two attached hydrogens (primary N) is 1. The summed E-state index contributed by atoms with van der Waals surface area (Å²) in [5.74, 6) is 0. The number of nitrogens with zero attached hydrogens (tertiary/aromatic N) is 2. The molecule has 1 rings (SSSR count). The van der Waals surface area contributed by atoms with Crippen molar-refractivity contribution in [2.75, 3.05) is 28.2 Å². The molecule has 80 valence electrons. The van der Waals surface area contributed by atoms with E-state index < -0.39 is 0 Å². The van der Waals surface area contributed by atoms with Gasteiger partial charge in [-0.15, -0.1) is 0 Å². The first-order valence-electron chi connectivity index (χ1n) is 5.14. The number of hydrogen-bond donors (Lipinski definition) is 1. The molecule has 13 heavy (non-hydrogen) atoms. The maximum absolute atomic E-state index is 5.63. The average Bonchev–Trinajstić information content (AvgIpc) is 2.06. The van der Waals surface area contributed by atoms with Crippen molar-refractivity contribution in [3.05, 3.63) is 0 Å². The number of rotatable bonds is 1. The Hall–Kier alpha value is -0.120. The molecule has 1 aliphatic rings. The van der Waals surface area contributed by atoms with Gasteiger partial charge in [-0.2, -0.15) is 0 Å². The molecule has 0 aromatic heterocycles. The molecule has 0 unspecified atom stereocenters. The van der Waals surface area contributed by atoms with E-state index in [-0.39, 0.29) is 0 Å². The van der Waals surface area contributed by atoms with E-state index in [1.807, 2.05) is 38.2 Å². The predicted molar refractivity (Wildman–Crippen MR) is 58.4 cm³/mol. The molecule has 3 heteroatoms. The summed E-state index contributed by atoms with van der Waals surface area (Å²) < 4.78 is 0. The highest BCUT2D eigenvalue weighted by Gasteiger charge is 2.06. The zero-order chi connectivity index (χ0) is 10.3. The Morgan fingerprint density at radius 3 is 1.38 bits per heavy atom. The van der Waals surface area contributed by atoms with E-state index in [0.717, 1.165) is 0 Å². The highest BCUT2D eigenvalue weighted by atomic mass is 15.6. The van der Waals surface area contributed by atoms with Crippen LogP contribution in [0.15, 0.2) is 0 Å². The van der Waals surface area contributed by atoms with Crippen LogP contribution in [-0.2, 0) is 0 Å². The van der Waals surface area contributed by atoms with E-state index in [1.165, 1.54) is 32.1 Å². The Kier molecular flexibility index (Phi) is 7.23. The van der Waals surface area contributed by atoms with Gasteiger partial charge in [-0.05, 0) is 12.8 Å². The Bertz CT molecular complexity index is 101. The molecule has 0 amide bonds. The fraction of sp³-hybridized carbons (Fsp3) is 1.00. The van der Waals surface area contributed by atoms with Crippen LogP contribution in [0.4, 0.5) is 0 Å². The summed E-state index contributed by atoms with van der Waals surface area (Å²) in [4.78, 5) is 0. The zero-order valence-corrected chi connectivity index (χ0v) is 9.58. The van der Waals surface area contributed by atoms with Crippen LogP contribution in [0.25, 0.3) is 0 Å². The first kappa shape index (κ1) is 12.9. The van der Waals surface area contributed by atoms with Crippen molar-refractivity contribution in [1.29, 1.82) is 0 Å². The van der Waals surface area contributed by atoms with Gasteiger partial charge in [-0.25, -0.2) is 10.0 Å². The molecule has 0 aliphatic heterocycles. The quantitative estimate of drug-likeness (QED) is 0.628. The van der Waals surface area contributed by atoms with Crippen molar-refractivity contribution in [3.63, 3.8) is 0 Å². The summed E-state index contributed by atoms with van der Waals surface area (Å²) >= 11 is 0. The van der Waals surface area contributed by atoms with Gasteiger partial charge in [-0.1, -0.05) is 19.3 Å². The molecule has 0 radical (unpaired) electrons. The molecule has 0 aromatic rings. The minimum absolute atomic E-state index is 0.536. The Morgan fingerprint density at radius 1 is 0.846 bits per heavy atom. The van der Waals surface area contributed by atoms with Gasteiger partial charge in [0.15, 0.2) is 0 Å². The van der Waals surface area contributed by atoms with Gasteiger partial charge in [0.1, 0.15) is 0 Å². The fourth-order valence-corrected chi connectivity index (χ4v) is 1.13. The van der Waals surface area contributed by atoms with Gasteiger partial charge >= 0.3 is 0 Å². The average molecular weight is 187 g/mol. The van der Waals surface area contributed by atoms with Gasteiger partial charge in [0, 0.05) is 34.2 Å². The fourth-order valence-electron chi connectivity index (χ4n) is 1.13. The van der Waals surface area contributed by atoms with Crippen molar-refractivity contribution >= 4 is 0 Å². The molecule has 1 fully saturated rings. The number of hydrazine groups is 1. The normalized spacial score (nSPS) is 18.7. The van der Waals surface area contributed by atoms with Crippen LogP contribution in [0.5, 0.6) is 0 Å². The maximum atomic E-state index is 5.63. The third kappa shape index (κ3) is 8.22. The smallest absolute Gasteiger partial charge is 0.00388 e. The lowest BCUT2D eigenvalue weighted by Gasteiger charge is -2.17. The van der Waals surface area contributed by atoms with E-state index in [9.17, 15) is 0 Å². The van der Waals surface area contributed by atoms with Crippen molar-refractivity contribution in [2.45, 2.75) is 38.1 Å². The Labute approximate surface area is 82.9 Å². The highest BCUT2D eigenvalue weighted by molar-refractivity contribution is 4.66. The topological polar surface area (TPSA) is 32.5 Å². The standard InChI is InChI=1S/C6H13N.C4H12N2/c7-6-4-2-1-3-5-6;1-5(2)6(3)4/h6H,1-5,7H2;1-4H3. The van der Waals surface area contributed by atoms with E-state index in [0.29, 0.717) is 6.04 Å². The second kappa shape index (κ2) is 7.30. The van der Waals surface area contributed by atoms with E-state index >= 15 is 0 Å². The second-order valence-electron chi connectivity index (χ2n) is 4.09. The van der Waals surface area contributed by atoms with Gasteiger partial charge in [0.05, 0.1) is 0 Å². The first-order valence-corrected chi connectivity index (χ1v) is 5.14. The maximum Gasteiger partial charge on any atom is 0.00388 e. The van der Waals surface area contributed by atoms with E-state index in [1.54, 1.807) is 0 Å². The summed E-state index contributed by atoms with van der Waals surface area (Å²) in [5, 5.41) is 4.00. The SMILES string of the molecule is CN(C)N(C)C.NC1CCCCC1. The van der Waals surface area contributed by atoms with E-state index in [4.69, 9.17) is 5.73 Å². The molecule has 0 atom stereocenters. The largest absolute Gasteiger partial charge is 0.328 e. The summed E-state index contributed by atoms with van der Waals surface area (Å²) in [6.07, 6.45) is 6.66. The Balaban J connectivity index is 0.000000226. The number of hydrogen-bond acceptors (Lipinski definition) is 3. The van der Waals surface area contributed by atoms with Crippen LogP contribution >= 0.6 is 0 Å². The van der Waals surface area contributed by atoms with Gasteiger partial charge in [0.25, 0.3) is 0 Å². The summed E-state index contributed by atoms with van der Waals surface area (Å²) in [7, 11) is 8.00. The van der Waals surface area contributed by atoms with Crippen molar-refractivity contribution in [1.82, 2.24) is 10.0 Å². The molecule has 0 saturated heterocycles. The van der Waals surface area contributed by atoms with Crippen molar-refractivity contribution in [3.8, 4) is 0 Å². The molecular formula is C10H25N3. The summed E-state index contributed by atoms with van der Waals surface area (Å²) in [6, 6.07) is 0.536. The molecular weight excluding hydrogens is 162 g/mol. The minimum Gasteiger partial charge on any atom is -0.328 e. The van der Waals surface area contributed by atoms with Gasteiger partial charge in [0.2, 0.25) is 0 Å². The lowest BCUT2D eigenvalue weighted by atomic mass is 9.97. The first-order chi connectivity index (χ1) is 6.04. The lowest BCUT2D eigenvalue weighted by Crippen LogP contribution is -2.28. The van der Waals surface area contributed by atoms with Crippen LogP contribution in [-0.4, -0.2) is 44.3 Å². The molecule has 2 N–H and O–H groups in total. The van der Waals surface area contributed by atoms with Crippen LogP contribution in [0.1, 0.15) is 32.1 Å². The Morgan fingerprint density at radius 2 is 1.23 bits per heavy atom. The zero-order valence-electron chi connectivity index (χ0n) is 9.58. The third-order valence-corrected chi connectivity index (χ3v) is 2.45. The molecule has 1 aliphatic carbocycles. The summed E-state index contributed by atoms with van der Waals surface area (Å²) in [6.45, 7) is 0. The van der Waals surface area contributed by atoms with Gasteiger partial charge in [-0.3, -0.25) is 0 Å². The summed E-state index contributed by atoms with van der Waals surface area (Å²) in [5.41, 5.74) is 5.63. The van der Waals surface area contributed by atoms with Crippen molar-refractivity contribution in [2.24, 2.45) is 5.73 Å². The molecule has 0 spiro atoms. The molecule has 0 heterocycles. The molecule has 0 aromatic carbocycles. The van der Waals surface area contributed by atoms with E-state index in [2.05, 4.69) is 0 Å². The lowest BCUT2D eigenvalue weighted by molar-refractivity contribution is 0.0894. The highest BCUT2D eigenvalue weighted by Crippen LogP contribution is 2.14. The molecule has 1 saturated carbocycles. The monoisotopic (exact) mass is 187 g/mol. The predicted octanol–water partition coefficient (Wildman–Crippen LogP) is 1.30. The molecule has 0 bridgehead atoms. The molecule has 3 nitrogen and oxygen atoms in total. The van der Waals surface area contributed by atoms with Crippen LogP contribution < -0.4 is 5.73 Å². The third-order valence-electron chi connectivity index (χ3n) is 2.45. The van der Waals surface area contributed by atoms with Crippen LogP contribution in [0, 0.1) is 0 Å². The van der Waals surface area contributed by atoms with Crippen LogP contribution in [0.2, 0.25) is 0 Å². The second-order valence-corrected chi connectivity index (χ2v) is 4.09. The minimum atomic E-state index is 0.536. The van der Waals surface area contributed by atoms with Gasteiger partial charge < -0.3 is 5.73 Å². The van der Waals surface area contributed by atoms with Crippen LogP contribution in [0.3, 0.4) is 0 Å².